The van der Waals surface area contributed by atoms with Crippen molar-refractivity contribution in [2.24, 2.45) is 0 Å². The van der Waals surface area contributed by atoms with Gasteiger partial charge in [0.2, 0.25) is 0 Å². The molecule has 68 valence electrons. The number of aliphatic hydroxyl groups excluding tert-OH is 1. The average molecular weight is 181 g/mol. The van der Waals surface area contributed by atoms with E-state index in [1.807, 2.05) is 0 Å². The molecule has 0 aliphatic rings. The molecule has 13 heavy (non-hydrogen) atoms. The molecule has 0 radical (unpaired) electrons. The second kappa shape index (κ2) is 3.14. The van der Waals surface area contributed by atoms with Crippen molar-refractivity contribution in [1.29, 1.82) is 0 Å². The number of aromatic nitrogens is 1. The lowest BCUT2D eigenvalue weighted by Crippen LogP contribution is -1.90. The van der Waals surface area contributed by atoms with E-state index in [0.717, 1.165) is 0 Å². The van der Waals surface area contributed by atoms with Gasteiger partial charge < -0.3 is 9.63 Å². The minimum atomic E-state index is -0.324. The van der Waals surface area contributed by atoms with Gasteiger partial charge in [-0.25, -0.2) is 4.39 Å². The van der Waals surface area contributed by atoms with Gasteiger partial charge in [0.05, 0.1) is 5.69 Å². The predicted octanol–water partition coefficient (Wildman–Crippen LogP) is 1.50. The molecule has 1 heterocycles. The topological polar surface area (TPSA) is 46.3 Å². The summed E-state index contributed by atoms with van der Waals surface area (Å²) >= 11 is 0. The van der Waals surface area contributed by atoms with Crippen molar-refractivity contribution < 1.29 is 14.0 Å². The Kier molecular flexibility index (Phi) is 1.98. The zero-order valence-electron chi connectivity index (χ0n) is 6.83. The van der Waals surface area contributed by atoms with Crippen LogP contribution in [0.3, 0.4) is 0 Å². The summed E-state index contributed by atoms with van der Waals surface area (Å²) < 4.78 is 17.7. The van der Waals surface area contributed by atoms with E-state index in [1.54, 1.807) is 0 Å². The third-order valence-corrected chi connectivity index (χ3v) is 1.86. The van der Waals surface area contributed by atoms with Crippen molar-refractivity contribution in [3.8, 4) is 0 Å². The summed E-state index contributed by atoms with van der Waals surface area (Å²) in [7, 11) is 0. The first-order chi connectivity index (χ1) is 6.31. The number of nitrogens with zero attached hydrogens (tertiary/aromatic N) is 1. The van der Waals surface area contributed by atoms with Gasteiger partial charge in [-0.15, -0.1) is 0 Å². The van der Waals surface area contributed by atoms with Crippen LogP contribution in [0.1, 0.15) is 5.69 Å². The molecule has 0 atom stereocenters. The van der Waals surface area contributed by atoms with Gasteiger partial charge in [0.25, 0.3) is 0 Å². The number of fused-ring (bicyclic) bond motifs is 1. The minimum absolute atomic E-state index is 0.0157. The van der Waals surface area contributed by atoms with Crippen molar-refractivity contribution >= 4 is 11.0 Å². The summed E-state index contributed by atoms with van der Waals surface area (Å²) in [6.45, 7) is -0.0157. The zero-order chi connectivity index (χ0) is 9.26. The fraction of sp³-hybridized carbons (Fsp3) is 0.222. The normalized spacial score (nSPS) is 10.9. The second-order valence-electron chi connectivity index (χ2n) is 2.74. The molecule has 0 aliphatic heterocycles. The lowest BCUT2D eigenvalue weighted by molar-refractivity contribution is 0.295. The van der Waals surface area contributed by atoms with E-state index in [-0.39, 0.29) is 12.4 Å². The maximum Gasteiger partial charge on any atom is 0.167 e. The summed E-state index contributed by atoms with van der Waals surface area (Å²) in [5.41, 5.74) is 1.14. The predicted molar refractivity (Wildman–Crippen MR) is 44.8 cm³/mol. The molecule has 0 saturated carbocycles. The molecule has 0 saturated heterocycles. The molecule has 0 fully saturated rings. The summed E-state index contributed by atoms with van der Waals surface area (Å²) in [5, 5.41) is 13.0. The smallest absolute Gasteiger partial charge is 0.167 e. The Bertz CT molecular complexity index is 424. The number of benzene rings is 1. The third kappa shape index (κ3) is 1.40. The van der Waals surface area contributed by atoms with Gasteiger partial charge in [-0.2, -0.15) is 0 Å². The molecule has 1 N–H and O–H groups in total. The molecule has 2 aromatic rings. The van der Waals surface area contributed by atoms with Crippen LogP contribution in [0, 0.1) is 5.82 Å². The van der Waals surface area contributed by atoms with Crippen LogP contribution in [0.25, 0.3) is 11.0 Å². The first-order valence-corrected chi connectivity index (χ1v) is 3.96. The zero-order valence-corrected chi connectivity index (χ0v) is 6.83. The van der Waals surface area contributed by atoms with Crippen LogP contribution < -0.4 is 0 Å². The highest BCUT2D eigenvalue weighted by Crippen LogP contribution is 2.19. The van der Waals surface area contributed by atoms with Gasteiger partial charge in [0, 0.05) is 18.4 Å². The fourth-order valence-corrected chi connectivity index (χ4v) is 1.25. The molecular formula is C9H8FNO2. The van der Waals surface area contributed by atoms with Gasteiger partial charge in [0.15, 0.2) is 5.58 Å². The van der Waals surface area contributed by atoms with Crippen molar-refractivity contribution in [3.63, 3.8) is 0 Å². The van der Waals surface area contributed by atoms with Gasteiger partial charge in [-0.3, -0.25) is 0 Å². The summed E-state index contributed by atoms with van der Waals surface area (Å²) in [5.74, 6) is -0.324. The lowest BCUT2D eigenvalue weighted by atomic mass is 10.2. The highest BCUT2D eigenvalue weighted by Gasteiger charge is 2.07. The SMILES string of the molecule is OCCc1noc2ccc(F)cc12. The summed E-state index contributed by atoms with van der Waals surface area (Å²) in [6, 6.07) is 4.20. The molecule has 4 heteroatoms. The van der Waals surface area contributed by atoms with Crippen LogP contribution >= 0.6 is 0 Å². The highest BCUT2D eigenvalue weighted by molar-refractivity contribution is 5.79. The van der Waals surface area contributed by atoms with Crippen LogP contribution in [0.15, 0.2) is 22.7 Å². The number of hydrogen-bond donors (Lipinski definition) is 1. The van der Waals surface area contributed by atoms with E-state index in [9.17, 15) is 4.39 Å². The van der Waals surface area contributed by atoms with Crippen molar-refractivity contribution in [2.45, 2.75) is 6.42 Å². The average Bonchev–Trinajstić information content (AvgIpc) is 2.49. The molecule has 1 aromatic carbocycles. The van der Waals surface area contributed by atoms with Gasteiger partial charge in [0.1, 0.15) is 5.82 Å². The largest absolute Gasteiger partial charge is 0.396 e. The van der Waals surface area contributed by atoms with E-state index >= 15 is 0 Å². The highest BCUT2D eigenvalue weighted by atomic mass is 19.1. The molecule has 1 aromatic heterocycles. The first kappa shape index (κ1) is 8.19. The Labute approximate surface area is 73.8 Å². The molecule has 0 amide bonds. The summed E-state index contributed by atoms with van der Waals surface area (Å²) in [6.07, 6.45) is 0.385. The van der Waals surface area contributed by atoms with Crippen molar-refractivity contribution in [1.82, 2.24) is 5.16 Å². The molecule has 0 spiro atoms. The molecule has 0 bridgehead atoms. The minimum Gasteiger partial charge on any atom is -0.396 e. The van der Waals surface area contributed by atoms with Crippen molar-refractivity contribution in [2.75, 3.05) is 6.61 Å². The van der Waals surface area contributed by atoms with Gasteiger partial charge in [-0.1, -0.05) is 5.16 Å². The Morgan fingerprint density at radius 1 is 1.46 bits per heavy atom. The summed E-state index contributed by atoms with van der Waals surface area (Å²) in [4.78, 5) is 0. The fourth-order valence-electron chi connectivity index (χ4n) is 1.25. The number of aliphatic hydroxyl groups is 1. The Balaban J connectivity index is 2.58. The van der Waals surface area contributed by atoms with E-state index in [0.29, 0.717) is 23.1 Å². The van der Waals surface area contributed by atoms with E-state index in [2.05, 4.69) is 5.16 Å². The Morgan fingerprint density at radius 2 is 2.31 bits per heavy atom. The molecule has 0 aliphatic carbocycles. The second-order valence-corrected chi connectivity index (χ2v) is 2.74. The van der Waals surface area contributed by atoms with Gasteiger partial charge in [-0.05, 0) is 18.2 Å². The number of rotatable bonds is 2. The quantitative estimate of drug-likeness (QED) is 0.763. The Hall–Kier alpha value is -1.42. The molecular weight excluding hydrogens is 173 g/mol. The molecule has 2 rings (SSSR count). The van der Waals surface area contributed by atoms with Crippen LogP contribution in [-0.4, -0.2) is 16.9 Å². The first-order valence-electron chi connectivity index (χ1n) is 3.96. The molecule has 0 unspecified atom stereocenters. The monoisotopic (exact) mass is 181 g/mol. The van der Waals surface area contributed by atoms with Crippen LogP contribution in [0.4, 0.5) is 4.39 Å². The lowest BCUT2D eigenvalue weighted by Gasteiger charge is -1.91. The maximum atomic E-state index is 12.8. The third-order valence-electron chi connectivity index (χ3n) is 1.86. The standard InChI is InChI=1S/C9H8FNO2/c10-6-1-2-9-7(5-6)8(3-4-12)11-13-9/h1-2,5,12H,3-4H2. The number of halogens is 1. The molecule has 3 nitrogen and oxygen atoms in total. The van der Waals surface area contributed by atoms with Crippen LogP contribution in [0.5, 0.6) is 0 Å². The van der Waals surface area contributed by atoms with Crippen LogP contribution in [0.2, 0.25) is 0 Å². The van der Waals surface area contributed by atoms with E-state index < -0.39 is 0 Å². The van der Waals surface area contributed by atoms with E-state index in [4.69, 9.17) is 9.63 Å². The van der Waals surface area contributed by atoms with E-state index in [1.165, 1.54) is 18.2 Å². The number of hydrogen-bond acceptors (Lipinski definition) is 3. The van der Waals surface area contributed by atoms with Crippen molar-refractivity contribution in [3.05, 3.63) is 29.7 Å². The maximum absolute atomic E-state index is 12.8. The Morgan fingerprint density at radius 3 is 3.08 bits per heavy atom. The van der Waals surface area contributed by atoms with Gasteiger partial charge >= 0.3 is 0 Å². The van der Waals surface area contributed by atoms with Crippen LogP contribution in [-0.2, 0) is 6.42 Å².